The summed E-state index contributed by atoms with van der Waals surface area (Å²) in [6, 6.07) is 15.5. The second kappa shape index (κ2) is 5.02. The van der Waals surface area contributed by atoms with Crippen molar-refractivity contribution in [3.8, 4) is 6.07 Å². The number of nitriles is 1. The molecule has 4 nitrogen and oxygen atoms in total. The Hall–Kier alpha value is -2.80. The second-order valence-corrected chi connectivity index (χ2v) is 3.77. The average Bonchev–Trinajstić information content (AvgIpc) is 2.39. The van der Waals surface area contributed by atoms with Crippen LogP contribution in [0.3, 0.4) is 0 Å². The third-order valence-corrected chi connectivity index (χ3v) is 2.40. The van der Waals surface area contributed by atoms with Crippen LogP contribution in [0.25, 0.3) is 0 Å². The van der Waals surface area contributed by atoms with Gasteiger partial charge < -0.3 is 11.1 Å². The smallest absolute Gasteiger partial charge is 0.255 e. The first-order chi connectivity index (χ1) is 8.69. The van der Waals surface area contributed by atoms with Crippen molar-refractivity contribution in [1.29, 1.82) is 5.26 Å². The average molecular weight is 237 g/mol. The number of hydrogen-bond donors (Lipinski definition) is 2. The Morgan fingerprint density at radius 1 is 1.17 bits per heavy atom. The highest BCUT2D eigenvalue weighted by molar-refractivity contribution is 6.04. The summed E-state index contributed by atoms with van der Waals surface area (Å²) in [5.74, 6) is -0.252. The lowest BCUT2D eigenvalue weighted by Gasteiger charge is -2.05. The molecule has 3 N–H and O–H groups in total. The van der Waals surface area contributed by atoms with Crippen LogP contribution >= 0.6 is 0 Å². The number of nitrogens with one attached hydrogen (secondary N) is 1. The molecule has 2 aromatic rings. The van der Waals surface area contributed by atoms with Gasteiger partial charge in [0.25, 0.3) is 5.91 Å². The van der Waals surface area contributed by atoms with Crippen molar-refractivity contribution in [2.45, 2.75) is 0 Å². The van der Waals surface area contributed by atoms with Crippen molar-refractivity contribution < 1.29 is 4.79 Å². The van der Waals surface area contributed by atoms with Gasteiger partial charge in [-0.2, -0.15) is 5.26 Å². The Kier molecular flexibility index (Phi) is 3.26. The minimum atomic E-state index is -0.252. The first kappa shape index (κ1) is 11.7. The number of hydrogen-bond acceptors (Lipinski definition) is 3. The van der Waals surface area contributed by atoms with Crippen LogP contribution in [0.5, 0.6) is 0 Å². The van der Waals surface area contributed by atoms with Crippen LogP contribution in [0.4, 0.5) is 11.4 Å². The molecule has 18 heavy (non-hydrogen) atoms. The summed E-state index contributed by atoms with van der Waals surface area (Å²) >= 11 is 0. The molecule has 2 rings (SSSR count). The predicted octanol–water partition coefficient (Wildman–Crippen LogP) is 2.39. The number of carbonyl (C=O) groups excluding carboxylic acids is 1. The largest absolute Gasteiger partial charge is 0.399 e. The Labute approximate surface area is 105 Å². The lowest BCUT2D eigenvalue weighted by atomic mass is 10.1. The summed E-state index contributed by atoms with van der Waals surface area (Å²) in [6.07, 6.45) is 0. The molecule has 0 saturated carbocycles. The predicted molar refractivity (Wildman–Crippen MR) is 70.0 cm³/mol. The van der Waals surface area contributed by atoms with E-state index in [-0.39, 0.29) is 5.91 Å². The van der Waals surface area contributed by atoms with Gasteiger partial charge in [-0.05, 0) is 36.4 Å². The van der Waals surface area contributed by atoms with Crippen molar-refractivity contribution in [1.82, 2.24) is 0 Å². The minimum Gasteiger partial charge on any atom is -0.399 e. The van der Waals surface area contributed by atoms with Gasteiger partial charge in [0, 0.05) is 16.9 Å². The van der Waals surface area contributed by atoms with E-state index >= 15 is 0 Å². The summed E-state index contributed by atoms with van der Waals surface area (Å²) in [6.45, 7) is 0. The Morgan fingerprint density at radius 2 is 1.94 bits per heavy atom. The van der Waals surface area contributed by atoms with Gasteiger partial charge in [-0.25, -0.2) is 0 Å². The first-order valence-electron chi connectivity index (χ1n) is 5.36. The monoisotopic (exact) mass is 237 g/mol. The fourth-order valence-electron chi connectivity index (χ4n) is 1.55. The zero-order valence-electron chi connectivity index (χ0n) is 9.55. The number of amides is 1. The highest BCUT2D eigenvalue weighted by atomic mass is 16.1. The summed E-state index contributed by atoms with van der Waals surface area (Å²) in [5.41, 5.74) is 7.72. The zero-order chi connectivity index (χ0) is 13.0. The number of carbonyl (C=O) groups is 1. The second-order valence-electron chi connectivity index (χ2n) is 3.77. The molecule has 4 heteroatoms. The Bertz CT molecular complexity index is 629. The maximum absolute atomic E-state index is 11.9. The Balaban J connectivity index is 2.19. The molecule has 0 saturated heterocycles. The van der Waals surface area contributed by atoms with E-state index in [4.69, 9.17) is 11.0 Å². The van der Waals surface area contributed by atoms with Gasteiger partial charge >= 0.3 is 0 Å². The fourth-order valence-corrected chi connectivity index (χ4v) is 1.55. The van der Waals surface area contributed by atoms with E-state index in [2.05, 4.69) is 5.32 Å². The van der Waals surface area contributed by atoms with Gasteiger partial charge in [0.15, 0.2) is 0 Å². The quantitative estimate of drug-likeness (QED) is 0.787. The van der Waals surface area contributed by atoms with E-state index in [9.17, 15) is 4.79 Å². The van der Waals surface area contributed by atoms with E-state index in [0.29, 0.717) is 22.5 Å². The van der Waals surface area contributed by atoms with Crippen molar-refractivity contribution in [2.75, 3.05) is 11.1 Å². The molecule has 0 aliphatic heterocycles. The fraction of sp³-hybridized carbons (Fsp3) is 0. The van der Waals surface area contributed by atoms with Gasteiger partial charge in [0.1, 0.15) is 0 Å². The van der Waals surface area contributed by atoms with E-state index in [1.54, 1.807) is 48.5 Å². The van der Waals surface area contributed by atoms with Crippen LogP contribution in [0, 0.1) is 11.3 Å². The molecule has 1 amide bonds. The number of anilines is 2. The number of nitrogens with zero attached hydrogens (tertiary/aromatic N) is 1. The summed E-state index contributed by atoms with van der Waals surface area (Å²) in [7, 11) is 0. The third-order valence-electron chi connectivity index (χ3n) is 2.40. The minimum absolute atomic E-state index is 0.252. The molecule has 0 atom stereocenters. The Morgan fingerprint density at radius 3 is 2.67 bits per heavy atom. The van der Waals surface area contributed by atoms with Crippen LogP contribution in [-0.4, -0.2) is 5.91 Å². The van der Waals surface area contributed by atoms with E-state index < -0.39 is 0 Å². The molecule has 0 aromatic heterocycles. The van der Waals surface area contributed by atoms with Crippen LogP contribution in [0.1, 0.15) is 15.9 Å². The highest BCUT2D eigenvalue weighted by Crippen LogP contribution is 2.13. The number of nitrogen functional groups attached to an aromatic ring is 1. The number of rotatable bonds is 2. The lowest BCUT2D eigenvalue weighted by Crippen LogP contribution is -2.12. The summed E-state index contributed by atoms with van der Waals surface area (Å²) in [4.78, 5) is 11.9. The van der Waals surface area contributed by atoms with Crippen molar-refractivity contribution >= 4 is 17.3 Å². The molecule has 88 valence electrons. The molecule has 0 heterocycles. The SMILES string of the molecule is N#Cc1cccc(NC(=O)c2cccc(N)c2)c1. The summed E-state index contributed by atoms with van der Waals surface area (Å²) < 4.78 is 0. The van der Waals surface area contributed by atoms with E-state index in [1.807, 2.05) is 6.07 Å². The van der Waals surface area contributed by atoms with E-state index in [1.165, 1.54) is 0 Å². The van der Waals surface area contributed by atoms with Crippen LogP contribution in [-0.2, 0) is 0 Å². The van der Waals surface area contributed by atoms with Gasteiger partial charge in [-0.1, -0.05) is 12.1 Å². The van der Waals surface area contributed by atoms with E-state index in [0.717, 1.165) is 0 Å². The maximum atomic E-state index is 11.9. The van der Waals surface area contributed by atoms with Crippen LogP contribution in [0.2, 0.25) is 0 Å². The van der Waals surface area contributed by atoms with Gasteiger partial charge in [0.05, 0.1) is 11.6 Å². The maximum Gasteiger partial charge on any atom is 0.255 e. The molecular weight excluding hydrogens is 226 g/mol. The normalized spacial score (nSPS) is 9.50. The van der Waals surface area contributed by atoms with Crippen molar-refractivity contribution in [3.63, 3.8) is 0 Å². The molecule has 0 fully saturated rings. The number of benzene rings is 2. The van der Waals surface area contributed by atoms with Gasteiger partial charge in [0.2, 0.25) is 0 Å². The molecule has 2 aromatic carbocycles. The molecule has 0 aliphatic rings. The van der Waals surface area contributed by atoms with Crippen molar-refractivity contribution in [3.05, 3.63) is 59.7 Å². The van der Waals surface area contributed by atoms with Crippen molar-refractivity contribution in [2.24, 2.45) is 0 Å². The van der Waals surface area contributed by atoms with Crippen LogP contribution < -0.4 is 11.1 Å². The third kappa shape index (κ3) is 2.66. The molecule has 0 spiro atoms. The standard InChI is InChI=1S/C14H11N3O/c15-9-10-3-1-6-13(7-10)17-14(18)11-4-2-5-12(16)8-11/h1-8H,16H2,(H,17,18). The zero-order valence-corrected chi connectivity index (χ0v) is 9.55. The molecule has 0 radical (unpaired) electrons. The van der Waals surface area contributed by atoms with Gasteiger partial charge in [-0.15, -0.1) is 0 Å². The number of nitrogens with two attached hydrogens (primary N) is 1. The first-order valence-corrected chi connectivity index (χ1v) is 5.36. The lowest BCUT2D eigenvalue weighted by molar-refractivity contribution is 0.102. The van der Waals surface area contributed by atoms with Crippen LogP contribution in [0.15, 0.2) is 48.5 Å². The molecular formula is C14H11N3O. The molecule has 0 unspecified atom stereocenters. The molecule has 0 bridgehead atoms. The topological polar surface area (TPSA) is 78.9 Å². The molecule has 0 aliphatic carbocycles. The summed E-state index contributed by atoms with van der Waals surface area (Å²) in [5, 5.41) is 11.5. The highest BCUT2D eigenvalue weighted by Gasteiger charge is 2.06. The van der Waals surface area contributed by atoms with Gasteiger partial charge in [-0.3, -0.25) is 4.79 Å².